The molecule has 2 rings (SSSR count). The normalized spacial score (nSPS) is 12.2. The van der Waals surface area contributed by atoms with Crippen LogP contribution in [0.15, 0.2) is 54.6 Å². The molecule has 0 aliphatic heterocycles. The Bertz CT molecular complexity index is 605. The van der Waals surface area contributed by atoms with E-state index < -0.39 is 0 Å². The predicted octanol–water partition coefficient (Wildman–Crippen LogP) is 3.95. The third kappa shape index (κ3) is 4.93. The minimum Gasteiger partial charge on any atom is -0.464 e. The summed E-state index contributed by atoms with van der Waals surface area (Å²) in [5, 5.41) is 0. The quantitative estimate of drug-likeness (QED) is 0.725. The maximum atomic E-state index is 12.3. The lowest BCUT2D eigenvalue weighted by atomic mass is 9.94. The van der Waals surface area contributed by atoms with Crippen molar-refractivity contribution in [3.63, 3.8) is 0 Å². The summed E-state index contributed by atoms with van der Waals surface area (Å²) in [6.07, 6.45) is 0.742. The van der Waals surface area contributed by atoms with Gasteiger partial charge < -0.3 is 9.64 Å². The van der Waals surface area contributed by atoms with E-state index in [-0.39, 0.29) is 11.9 Å². The Kier molecular flexibility index (Phi) is 6.36. The van der Waals surface area contributed by atoms with Gasteiger partial charge in [0, 0.05) is 6.54 Å². The Labute approximate surface area is 138 Å². The second-order valence-electron chi connectivity index (χ2n) is 5.92. The standard InChI is InChI=1S/C20H25NO2/c1-4-19(20(22)23-15-14-21(2)3)18-12-10-17(11-13-18)16-8-6-5-7-9-16/h5-13,19H,4,14-15H2,1-3H3/t19-/m1/s1. The summed E-state index contributed by atoms with van der Waals surface area (Å²) >= 11 is 0. The Morgan fingerprint density at radius 3 is 2.17 bits per heavy atom. The highest BCUT2D eigenvalue weighted by atomic mass is 16.5. The summed E-state index contributed by atoms with van der Waals surface area (Å²) < 4.78 is 5.39. The number of hydrogen-bond donors (Lipinski definition) is 0. The molecule has 0 aliphatic rings. The van der Waals surface area contributed by atoms with Crippen LogP contribution < -0.4 is 0 Å². The number of esters is 1. The number of ether oxygens (including phenoxy) is 1. The van der Waals surface area contributed by atoms with Gasteiger partial charge in [0.15, 0.2) is 0 Å². The minimum absolute atomic E-state index is 0.137. The van der Waals surface area contributed by atoms with Crippen LogP contribution in [0.1, 0.15) is 24.8 Å². The number of hydrogen-bond acceptors (Lipinski definition) is 3. The molecule has 0 spiro atoms. The molecule has 0 aliphatic carbocycles. The fraction of sp³-hybridized carbons (Fsp3) is 0.350. The van der Waals surface area contributed by atoms with Crippen molar-refractivity contribution in [1.29, 1.82) is 0 Å². The van der Waals surface area contributed by atoms with Gasteiger partial charge in [-0.25, -0.2) is 0 Å². The van der Waals surface area contributed by atoms with Crippen LogP contribution in [0.5, 0.6) is 0 Å². The van der Waals surface area contributed by atoms with E-state index in [2.05, 4.69) is 24.3 Å². The van der Waals surface area contributed by atoms with E-state index in [1.165, 1.54) is 5.56 Å². The molecule has 0 N–H and O–H groups in total. The maximum absolute atomic E-state index is 12.3. The average Bonchev–Trinajstić information content (AvgIpc) is 2.56. The van der Waals surface area contributed by atoms with Crippen LogP contribution in [-0.2, 0) is 9.53 Å². The zero-order valence-electron chi connectivity index (χ0n) is 14.2. The molecule has 1 atom stereocenters. The van der Waals surface area contributed by atoms with Crippen molar-refractivity contribution in [2.45, 2.75) is 19.3 Å². The molecule has 2 aromatic carbocycles. The van der Waals surface area contributed by atoms with Gasteiger partial charge in [-0.2, -0.15) is 0 Å². The molecular formula is C20H25NO2. The molecule has 0 radical (unpaired) electrons. The first-order chi connectivity index (χ1) is 11.1. The number of benzene rings is 2. The van der Waals surface area contributed by atoms with E-state index >= 15 is 0 Å². The Morgan fingerprint density at radius 1 is 1.00 bits per heavy atom. The van der Waals surface area contributed by atoms with Gasteiger partial charge in [-0.15, -0.1) is 0 Å². The van der Waals surface area contributed by atoms with Gasteiger partial charge in [-0.1, -0.05) is 61.5 Å². The number of carbonyl (C=O) groups is 1. The fourth-order valence-corrected chi connectivity index (χ4v) is 2.51. The monoisotopic (exact) mass is 311 g/mol. The van der Waals surface area contributed by atoms with Crippen molar-refractivity contribution in [3.05, 3.63) is 60.2 Å². The summed E-state index contributed by atoms with van der Waals surface area (Å²) in [6.45, 7) is 3.20. The number of nitrogens with zero attached hydrogens (tertiary/aromatic N) is 1. The van der Waals surface area contributed by atoms with E-state index in [1.807, 2.05) is 56.3 Å². The van der Waals surface area contributed by atoms with Crippen LogP contribution >= 0.6 is 0 Å². The lowest BCUT2D eigenvalue weighted by Gasteiger charge is -2.16. The molecule has 0 saturated carbocycles. The first-order valence-corrected chi connectivity index (χ1v) is 8.08. The summed E-state index contributed by atoms with van der Waals surface area (Å²) in [5.41, 5.74) is 3.35. The number of carbonyl (C=O) groups excluding carboxylic acids is 1. The van der Waals surface area contributed by atoms with Crippen molar-refractivity contribution < 1.29 is 9.53 Å². The van der Waals surface area contributed by atoms with E-state index in [4.69, 9.17) is 4.74 Å². The molecule has 0 saturated heterocycles. The third-order valence-electron chi connectivity index (χ3n) is 3.90. The Morgan fingerprint density at radius 2 is 1.61 bits per heavy atom. The van der Waals surface area contributed by atoms with Gasteiger partial charge in [-0.3, -0.25) is 4.79 Å². The second kappa shape index (κ2) is 8.49. The molecule has 2 aromatic rings. The molecule has 0 aromatic heterocycles. The lowest BCUT2D eigenvalue weighted by Crippen LogP contribution is -2.23. The van der Waals surface area contributed by atoms with Gasteiger partial charge >= 0.3 is 5.97 Å². The highest BCUT2D eigenvalue weighted by Gasteiger charge is 2.20. The smallest absolute Gasteiger partial charge is 0.313 e. The van der Waals surface area contributed by atoms with Crippen LogP contribution in [0.3, 0.4) is 0 Å². The largest absolute Gasteiger partial charge is 0.464 e. The molecule has 0 heterocycles. The zero-order valence-corrected chi connectivity index (χ0v) is 14.2. The van der Waals surface area contributed by atoms with Crippen LogP contribution in [0, 0.1) is 0 Å². The molecule has 23 heavy (non-hydrogen) atoms. The first kappa shape index (κ1) is 17.2. The van der Waals surface area contributed by atoms with Crippen LogP contribution in [0.25, 0.3) is 11.1 Å². The maximum Gasteiger partial charge on any atom is 0.313 e. The highest BCUT2D eigenvalue weighted by Crippen LogP contribution is 2.25. The summed E-state index contributed by atoms with van der Waals surface area (Å²) in [6, 6.07) is 18.4. The van der Waals surface area contributed by atoms with E-state index in [0.717, 1.165) is 24.1 Å². The number of likely N-dealkylation sites (N-methyl/N-ethyl adjacent to an activating group) is 1. The van der Waals surface area contributed by atoms with E-state index in [1.54, 1.807) is 0 Å². The van der Waals surface area contributed by atoms with Gasteiger partial charge in [0.05, 0.1) is 5.92 Å². The molecule has 3 nitrogen and oxygen atoms in total. The third-order valence-corrected chi connectivity index (χ3v) is 3.90. The molecule has 0 bridgehead atoms. The zero-order chi connectivity index (χ0) is 16.7. The summed E-state index contributed by atoms with van der Waals surface area (Å²) in [7, 11) is 3.93. The molecule has 0 fully saturated rings. The first-order valence-electron chi connectivity index (χ1n) is 8.08. The van der Waals surface area contributed by atoms with Crippen molar-refractivity contribution in [2.75, 3.05) is 27.2 Å². The van der Waals surface area contributed by atoms with E-state index in [9.17, 15) is 4.79 Å². The Hall–Kier alpha value is -2.13. The minimum atomic E-state index is -0.193. The predicted molar refractivity (Wildman–Crippen MR) is 94.4 cm³/mol. The van der Waals surface area contributed by atoms with Gasteiger partial charge in [0.1, 0.15) is 6.61 Å². The summed E-state index contributed by atoms with van der Waals surface area (Å²) in [4.78, 5) is 14.3. The second-order valence-corrected chi connectivity index (χ2v) is 5.92. The average molecular weight is 311 g/mol. The van der Waals surface area contributed by atoms with Crippen molar-refractivity contribution >= 4 is 5.97 Å². The van der Waals surface area contributed by atoms with Crippen molar-refractivity contribution in [3.8, 4) is 11.1 Å². The summed E-state index contributed by atoms with van der Waals surface area (Å²) in [5.74, 6) is -0.330. The van der Waals surface area contributed by atoms with Crippen molar-refractivity contribution in [1.82, 2.24) is 4.90 Å². The highest BCUT2D eigenvalue weighted by molar-refractivity contribution is 5.78. The topological polar surface area (TPSA) is 29.5 Å². The van der Waals surface area contributed by atoms with Gasteiger partial charge in [0.25, 0.3) is 0 Å². The van der Waals surface area contributed by atoms with Crippen LogP contribution in [0.2, 0.25) is 0 Å². The SMILES string of the molecule is CC[C@@H](C(=O)OCCN(C)C)c1ccc(-c2ccccc2)cc1. The van der Waals surface area contributed by atoms with Gasteiger partial charge in [0.2, 0.25) is 0 Å². The molecule has 0 amide bonds. The van der Waals surface area contributed by atoms with Crippen molar-refractivity contribution in [2.24, 2.45) is 0 Å². The molecule has 3 heteroatoms. The number of rotatable bonds is 7. The Balaban J connectivity index is 2.05. The fourth-order valence-electron chi connectivity index (χ4n) is 2.51. The lowest BCUT2D eigenvalue weighted by molar-refractivity contribution is -0.145. The van der Waals surface area contributed by atoms with E-state index in [0.29, 0.717) is 6.61 Å². The van der Waals surface area contributed by atoms with Crippen LogP contribution in [-0.4, -0.2) is 38.1 Å². The molecule has 122 valence electrons. The van der Waals surface area contributed by atoms with Crippen LogP contribution in [0.4, 0.5) is 0 Å². The van der Waals surface area contributed by atoms with Gasteiger partial charge in [-0.05, 0) is 37.2 Å². The molecule has 0 unspecified atom stereocenters. The molecular weight excluding hydrogens is 286 g/mol.